The molecule has 0 saturated heterocycles. The molecule has 0 radical (unpaired) electrons. The second kappa shape index (κ2) is 5.75. The normalized spacial score (nSPS) is 10.3. The topological polar surface area (TPSA) is 90.0 Å². The molecule has 3 N–H and O–H groups in total. The number of hydrogen-bond donors (Lipinski definition) is 2. The van der Waals surface area contributed by atoms with Crippen LogP contribution in [-0.4, -0.2) is 15.5 Å². The fourth-order valence-electron chi connectivity index (χ4n) is 1.62. The number of rotatable bonds is 3. The van der Waals surface area contributed by atoms with Gasteiger partial charge in [-0.2, -0.15) is 0 Å². The average Bonchev–Trinajstić information content (AvgIpc) is 2.37. The van der Waals surface area contributed by atoms with Gasteiger partial charge in [-0.25, -0.2) is 4.98 Å². The molecule has 0 aliphatic carbocycles. The quantitative estimate of drug-likeness (QED) is 0.837. The van der Waals surface area contributed by atoms with Gasteiger partial charge in [-0.1, -0.05) is 11.6 Å². The van der Waals surface area contributed by atoms with Gasteiger partial charge < -0.3 is 11.1 Å². The zero-order chi connectivity index (χ0) is 14.7. The Kier molecular flexibility index (Phi) is 4.05. The molecule has 20 heavy (non-hydrogen) atoms. The second-order valence-electron chi connectivity index (χ2n) is 4.28. The number of nitrogens with one attached hydrogen (secondary N) is 1. The molecule has 0 aliphatic rings. The monoisotopic (exact) mass is 292 g/mol. The first-order chi connectivity index (χ1) is 9.45. The van der Waals surface area contributed by atoms with E-state index >= 15 is 0 Å². The van der Waals surface area contributed by atoms with E-state index in [0.29, 0.717) is 22.1 Å². The largest absolute Gasteiger partial charge is 0.399 e. The summed E-state index contributed by atoms with van der Waals surface area (Å²) in [6.45, 7) is 1.57. The minimum atomic E-state index is -0.384. The Balaban J connectivity index is 2.13. The number of carbonyl (C=O) groups excluding carboxylic acids is 1. The van der Waals surface area contributed by atoms with Crippen LogP contribution in [0.15, 0.2) is 35.4 Å². The van der Waals surface area contributed by atoms with Crippen molar-refractivity contribution in [3.8, 4) is 0 Å². The molecule has 104 valence electrons. The maximum Gasteiger partial charge on any atom is 0.253 e. The molecular weight excluding hydrogens is 280 g/mol. The molecule has 0 saturated carbocycles. The smallest absolute Gasteiger partial charge is 0.253 e. The van der Waals surface area contributed by atoms with Crippen molar-refractivity contribution in [3.63, 3.8) is 0 Å². The number of nitrogen functional groups attached to an aromatic ring is 1. The molecule has 0 bridgehead atoms. The second-order valence-corrected chi connectivity index (χ2v) is 4.69. The van der Waals surface area contributed by atoms with Crippen LogP contribution in [0.25, 0.3) is 0 Å². The number of amides is 1. The van der Waals surface area contributed by atoms with E-state index in [1.54, 1.807) is 25.1 Å². The summed E-state index contributed by atoms with van der Waals surface area (Å²) in [5.74, 6) is -0.384. The molecule has 0 spiro atoms. The Morgan fingerprint density at radius 2 is 2.20 bits per heavy atom. The summed E-state index contributed by atoms with van der Waals surface area (Å²) in [6, 6.07) is 6.13. The van der Waals surface area contributed by atoms with Crippen LogP contribution in [-0.2, 0) is 11.3 Å². The Morgan fingerprint density at radius 3 is 2.90 bits per heavy atom. The zero-order valence-electron chi connectivity index (χ0n) is 10.8. The van der Waals surface area contributed by atoms with Crippen LogP contribution >= 0.6 is 11.6 Å². The fraction of sp³-hybridized carbons (Fsp3) is 0.154. The van der Waals surface area contributed by atoms with Crippen LogP contribution in [0.1, 0.15) is 5.69 Å². The molecule has 0 fully saturated rings. The maximum atomic E-state index is 11.9. The predicted octanol–water partition coefficient (Wildman–Crippen LogP) is 1.43. The van der Waals surface area contributed by atoms with Crippen LogP contribution < -0.4 is 16.6 Å². The molecule has 2 aromatic rings. The molecule has 1 heterocycles. The van der Waals surface area contributed by atoms with Crippen LogP contribution in [0.5, 0.6) is 0 Å². The minimum Gasteiger partial charge on any atom is -0.399 e. The number of aromatic nitrogens is 2. The van der Waals surface area contributed by atoms with Gasteiger partial charge >= 0.3 is 0 Å². The molecule has 6 nitrogen and oxygen atoms in total. The first kappa shape index (κ1) is 14.1. The summed E-state index contributed by atoms with van der Waals surface area (Å²) < 4.78 is 1.21. The molecule has 7 heteroatoms. The van der Waals surface area contributed by atoms with Crippen molar-refractivity contribution >= 4 is 28.9 Å². The number of hydrogen-bond acceptors (Lipinski definition) is 4. The third-order valence-electron chi connectivity index (χ3n) is 2.59. The lowest BCUT2D eigenvalue weighted by atomic mass is 10.3. The summed E-state index contributed by atoms with van der Waals surface area (Å²) >= 11 is 5.94. The van der Waals surface area contributed by atoms with Crippen LogP contribution in [0, 0.1) is 6.92 Å². The average molecular weight is 293 g/mol. The molecule has 0 unspecified atom stereocenters. The Hall–Kier alpha value is -2.34. The molecule has 2 rings (SSSR count). The highest BCUT2D eigenvalue weighted by Gasteiger charge is 2.08. The van der Waals surface area contributed by atoms with Crippen LogP contribution in [0.4, 0.5) is 11.4 Å². The summed E-state index contributed by atoms with van der Waals surface area (Å²) in [4.78, 5) is 27.5. The van der Waals surface area contributed by atoms with E-state index in [1.165, 1.54) is 17.0 Å². The number of carbonyl (C=O) groups is 1. The van der Waals surface area contributed by atoms with Gasteiger partial charge in [-0.05, 0) is 25.1 Å². The molecular formula is C13H13ClN4O2. The zero-order valence-corrected chi connectivity index (χ0v) is 11.5. The highest BCUT2D eigenvalue weighted by atomic mass is 35.5. The van der Waals surface area contributed by atoms with Crippen molar-refractivity contribution in [1.29, 1.82) is 0 Å². The van der Waals surface area contributed by atoms with Crippen molar-refractivity contribution in [2.45, 2.75) is 13.5 Å². The highest BCUT2D eigenvalue weighted by molar-refractivity contribution is 6.33. The Bertz CT molecular complexity index is 712. The third kappa shape index (κ3) is 3.36. The summed E-state index contributed by atoms with van der Waals surface area (Å²) in [7, 11) is 0. The molecule has 1 amide bonds. The first-order valence-corrected chi connectivity index (χ1v) is 6.21. The van der Waals surface area contributed by atoms with E-state index in [0.717, 1.165) is 0 Å². The van der Waals surface area contributed by atoms with Gasteiger partial charge in [0.15, 0.2) is 0 Å². The summed E-state index contributed by atoms with van der Waals surface area (Å²) in [6.07, 6.45) is 1.33. The lowest BCUT2D eigenvalue weighted by Gasteiger charge is -2.09. The Labute approximate surface area is 120 Å². The molecule has 1 aromatic heterocycles. The van der Waals surface area contributed by atoms with Gasteiger partial charge in [0.25, 0.3) is 5.56 Å². The number of halogens is 1. The molecule has 0 atom stereocenters. The van der Waals surface area contributed by atoms with Gasteiger partial charge in [-0.3, -0.25) is 14.2 Å². The standard InChI is InChI=1S/C13H13ClN4O2/c1-8-4-13(20)18(7-16-8)6-12(19)17-11-5-9(15)2-3-10(11)14/h2-5,7H,6,15H2,1H3,(H,17,19). The van der Waals surface area contributed by atoms with E-state index in [1.807, 2.05) is 0 Å². The van der Waals surface area contributed by atoms with Gasteiger partial charge in [-0.15, -0.1) is 0 Å². The first-order valence-electron chi connectivity index (χ1n) is 5.83. The number of nitrogens with two attached hydrogens (primary N) is 1. The van der Waals surface area contributed by atoms with E-state index in [9.17, 15) is 9.59 Å². The summed E-state index contributed by atoms with van der Waals surface area (Å²) in [5.41, 5.74) is 6.83. The summed E-state index contributed by atoms with van der Waals surface area (Å²) in [5, 5.41) is 2.98. The number of benzene rings is 1. The van der Waals surface area contributed by atoms with Crippen molar-refractivity contribution in [2.24, 2.45) is 0 Å². The predicted molar refractivity (Wildman–Crippen MR) is 77.7 cm³/mol. The SMILES string of the molecule is Cc1cc(=O)n(CC(=O)Nc2cc(N)ccc2Cl)cn1. The van der Waals surface area contributed by atoms with Crippen molar-refractivity contribution in [3.05, 3.63) is 51.7 Å². The van der Waals surface area contributed by atoms with Crippen molar-refractivity contribution in [1.82, 2.24) is 9.55 Å². The lowest BCUT2D eigenvalue weighted by Crippen LogP contribution is -2.27. The van der Waals surface area contributed by atoms with Gasteiger partial charge in [0.1, 0.15) is 6.54 Å². The van der Waals surface area contributed by atoms with Gasteiger partial charge in [0, 0.05) is 17.4 Å². The van der Waals surface area contributed by atoms with Gasteiger partial charge in [0.2, 0.25) is 5.91 Å². The van der Waals surface area contributed by atoms with Crippen molar-refractivity contribution < 1.29 is 4.79 Å². The number of anilines is 2. The highest BCUT2D eigenvalue weighted by Crippen LogP contribution is 2.23. The van der Waals surface area contributed by atoms with E-state index in [2.05, 4.69) is 10.3 Å². The van der Waals surface area contributed by atoms with Crippen LogP contribution in [0.2, 0.25) is 5.02 Å². The van der Waals surface area contributed by atoms with E-state index < -0.39 is 0 Å². The number of aryl methyl sites for hydroxylation is 1. The fourth-order valence-corrected chi connectivity index (χ4v) is 1.78. The van der Waals surface area contributed by atoms with E-state index in [4.69, 9.17) is 17.3 Å². The maximum absolute atomic E-state index is 11.9. The minimum absolute atomic E-state index is 0.142. The van der Waals surface area contributed by atoms with Crippen LogP contribution in [0.3, 0.4) is 0 Å². The number of nitrogens with zero attached hydrogens (tertiary/aromatic N) is 2. The van der Waals surface area contributed by atoms with Gasteiger partial charge in [0.05, 0.1) is 17.0 Å². The third-order valence-corrected chi connectivity index (χ3v) is 2.92. The Morgan fingerprint density at radius 1 is 1.45 bits per heavy atom. The van der Waals surface area contributed by atoms with Crippen molar-refractivity contribution in [2.75, 3.05) is 11.1 Å². The molecule has 1 aromatic carbocycles. The molecule has 0 aliphatic heterocycles. The van der Waals surface area contributed by atoms with E-state index in [-0.39, 0.29) is 18.0 Å². The lowest BCUT2D eigenvalue weighted by molar-refractivity contribution is -0.116.